The molecule has 1 atom stereocenters. The van der Waals surface area contributed by atoms with Gasteiger partial charge in [-0.2, -0.15) is 26.3 Å². The van der Waals surface area contributed by atoms with Crippen LogP contribution in [0.1, 0.15) is 19.8 Å². The summed E-state index contributed by atoms with van der Waals surface area (Å²) in [5.74, 6) is -1.27. The minimum absolute atomic E-state index is 0.133. The fourth-order valence-corrected chi connectivity index (χ4v) is 3.38. The lowest BCUT2D eigenvalue weighted by Crippen LogP contribution is -2.29. The Labute approximate surface area is 122 Å². The van der Waals surface area contributed by atoms with E-state index in [4.69, 9.17) is 0 Å². The van der Waals surface area contributed by atoms with Crippen molar-refractivity contribution in [2.45, 2.75) is 37.8 Å². The number of hydrogen-bond acceptors (Lipinski definition) is 5. The van der Waals surface area contributed by atoms with E-state index in [0.29, 0.717) is 0 Å². The smallest absolute Gasteiger partial charge is 0.412 e. The van der Waals surface area contributed by atoms with E-state index in [2.05, 4.69) is 13.8 Å². The second-order valence-corrected chi connectivity index (χ2v) is 6.36. The van der Waals surface area contributed by atoms with Crippen LogP contribution < -0.4 is 0 Å². The van der Waals surface area contributed by atoms with Crippen LogP contribution in [0.2, 0.25) is 0 Å². The number of methoxy groups -OCH3 is 1. The third-order valence-electron chi connectivity index (χ3n) is 2.23. The van der Waals surface area contributed by atoms with Gasteiger partial charge in [-0.1, -0.05) is 13.3 Å². The normalized spacial score (nSPS) is 14.7. The van der Waals surface area contributed by atoms with Gasteiger partial charge in [0, 0.05) is 0 Å². The molecule has 0 spiro atoms. The number of rotatable bonds is 8. The molecule has 0 aromatic carbocycles. The van der Waals surface area contributed by atoms with Crippen LogP contribution in [0.4, 0.5) is 26.3 Å². The number of alkyl halides is 6. The number of hydrogen-bond donors (Lipinski definition) is 0. The van der Waals surface area contributed by atoms with Crippen LogP contribution in [-0.2, 0) is 23.1 Å². The van der Waals surface area contributed by atoms with E-state index >= 15 is 0 Å². The van der Waals surface area contributed by atoms with E-state index in [9.17, 15) is 35.7 Å². The molecule has 0 rings (SSSR count). The van der Waals surface area contributed by atoms with Crippen molar-refractivity contribution in [1.82, 2.24) is 0 Å². The van der Waals surface area contributed by atoms with E-state index < -0.39 is 44.8 Å². The van der Waals surface area contributed by atoms with Crippen LogP contribution in [-0.4, -0.2) is 44.3 Å². The zero-order valence-electron chi connectivity index (χ0n) is 11.7. The molecule has 0 radical (unpaired) electrons. The molecule has 0 aromatic rings. The second-order valence-electron chi connectivity index (χ2n) is 4.14. The van der Waals surface area contributed by atoms with Crippen molar-refractivity contribution in [2.24, 2.45) is 0 Å². The molecular weight excluding hydrogens is 345 g/mol. The van der Waals surface area contributed by atoms with Gasteiger partial charge in [-0.3, -0.25) is 18.4 Å². The molecule has 0 amide bonds. The predicted octanol–water partition coefficient (Wildman–Crippen LogP) is 3.68. The first-order valence-corrected chi connectivity index (χ1v) is 7.56. The van der Waals surface area contributed by atoms with Crippen LogP contribution in [0.5, 0.6) is 0 Å². The van der Waals surface area contributed by atoms with Gasteiger partial charge in [-0.15, -0.1) is 0 Å². The topological polar surface area (TPSA) is 61.8 Å². The summed E-state index contributed by atoms with van der Waals surface area (Å²) in [5.41, 5.74) is -1.87. The number of carbonyl (C=O) groups is 1. The molecule has 0 aliphatic rings. The fraction of sp³-hybridized carbons (Fsp3) is 0.900. The number of esters is 1. The second kappa shape index (κ2) is 8.16. The Morgan fingerprint density at radius 1 is 1.05 bits per heavy atom. The Bertz CT molecular complexity index is 386. The maximum absolute atomic E-state index is 12.3. The molecule has 0 bridgehead atoms. The zero-order chi connectivity index (χ0) is 17.6. The molecule has 22 heavy (non-hydrogen) atoms. The third-order valence-corrected chi connectivity index (χ3v) is 4.44. The fourth-order valence-electron chi connectivity index (χ4n) is 1.36. The Balaban J connectivity index is 5.34. The molecular formula is C10H15F6O5P. The summed E-state index contributed by atoms with van der Waals surface area (Å²) >= 11 is 0. The van der Waals surface area contributed by atoms with E-state index in [0.717, 1.165) is 7.11 Å². The lowest BCUT2D eigenvalue weighted by Gasteiger charge is -2.25. The predicted molar refractivity (Wildman–Crippen MR) is 62.3 cm³/mol. The van der Waals surface area contributed by atoms with Gasteiger partial charge in [0.25, 0.3) is 0 Å². The highest BCUT2D eigenvalue weighted by Gasteiger charge is 2.46. The number of ether oxygens (including phenoxy) is 1. The molecule has 0 N–H and O–H groups in total. The minimum atomic E-state index is -5.03. The summed E-state index contributed by atoms with van der Waals surface area (Å²) in [6, 6.07) is 0. The largest absolute Gasteiger partial charge is 0.468 e. The van der Waals surface area contributed by atoms with Crippen molar-refractivity contribution in [3.8, 4) is 0 Å². The van der Waals surface area contributed by atoms with Crippen LogP contribution in [0.15, 0.2) is 0 Å². The van der Waals surface area contributed by atoms with E-state index in [-0.39, 0.29) is 12.8 Å². The summed E-state index contributed by atoms with van der Waals surface area (Å²) in [7, 11) is -4.18. The Hall–Kier alpha value is -0.800. The monoisotopic (exact) mass is 360 g/mol. The lowest BCUT2D eigenvalue weighted by atomic mass is 10.2. The van der Waals surface area contributed by atoms with E-state index in [1.807, 2.05) is 0 Å². The zero-order valence-corrected chi connectivity index (χ0v) is 12.6. The molecule has 0 aliphatic heterocycles. The van der Waals surface area contributed by atoms with Crippen molar-refractivity contribution in [2.75, 3.05) is 20.3 Å². The van der Waals surface area contributed by atoms with Crippen molar-refractivity contribution in [3.05, 3.63) is 0 Å². The average Bonchev–Trinajstić information content (AvgIpc) is 2.38. The first-order valence-electron chi connectivity index (χ1n) is 5.94. The van der Waals surface area contributed by atoms with E-state index in [1.54, 1.807) is 0 Å². The van der Waals surface area contributed by atoms with Crippen molar-refractivity contribution < 1.29 is 49.5 Å². The van der Waals surface area contributed by atoms with Gasteiger partial charge in [0.05, 0.1) is 7.11 Å². The Morgan fingerprint density at radius 3 is 1.73 bits per heavy atom. The van der Waals surface area contributed by atoms with E-state index in [1.165, 1.54) is 6.92 Å². The van der Waals surface area contributed by atoms with Gasteiger partial charge in [0.15, 0.2) is 18.9 Å². The molecule has 0 heterocycles. The van der Waals surface area contributed by atoms with Gasteiger partial charge >= 0.3 is 25.9 Å². The van der Waals surface area contributed by atoms with Gasteiger partial charge in [0.2, 0.25) is 0 Å². The maximum Gasteiger partial charge on any atom is 0.412 e. The van der Waals surface area contributed by atoms with Crippen LogP contribution in [0.3, 0.4) is 0 Å². The first-order chi connectivity index (χ1) is 9.84. The van der Waals surface area contributed by atoms with Crippen molar-refractivity contribution in [1.29, 1.82) is 0 Å². The van der Waals surface area contributed by atoms with Crippen LogP contribution >= 0.6 is 7.60 Å². The summed E-state index contributed by atoms with van der Waals surface area (Å²) in [4.78, 5) is 11.5. The number of carbonyl (C=O) groups excluding carboxylic acids is 1. The van der Waals surface area contributed by atoms with Crippen molar-refractivity contribution >= 4 is 13.6 Å². The molecule has 132 valence electrons. The molecule has 0 aromatic heterocycles. The maximum atomic E-state index is 12.3. The highest BCUT2D eigenvalue weighted by atomic mass is 31.2. The first kappa shape index (κ1) is 21.2. The summed E-state index contributed by atoms with van der Waals surface area (Å²) in [6.07, 6.45) is -10.1. The third kappa shape index (κ3) is 8.00. The quantitative estimate of drug-likeness (QED) is 0.375. The summed E-state index contributed by atoms with van der Waals surface area (Å²) in [5, 5.41) is 0. The summed E-state index contributed by atoms with van der Waals surface area (Å²) < 4.78 is 97.5. The highest BCUT2D eigenvalue weighted by Crippen LogP contribution is 2.56. The Morgan fingerprint density at radius 2 is 1.45 bits per heavy atom. The standard InChI is InChI=1S/C10H15F6O5P/c1-3-4-7(8(17)19-2)22(18,20-5-9(11,12)13)21-6-10(14,15)16/h7H,3-6H2,1-2H3/t7-/m0/s1. The van der Waals surface area contributed by atoms with Crippen LogP contribution in [0.25, 0.3) is 0 Å². The molecule has 0 fully saturated rings. The van der Waals surface area contributed by atoms with Gasteiger partial charge in [-0.25, -0.2) is 0 Å². The molecule has 0 saturated carbocycles. The summed E-state index contributed by atoms with van der Waals surface area (Å²) in [6.45, 7) is -2.74. The molecule has 0 saturated heterocycles. The molecule has 5 nitrogen and oxygen atoms in total. The minimum Gasteiger partial charge on any atom is -0.468 e. The Kier molecular flexibility index (Phi) is 7.87. The average molecular weight is 360 g/mol. The lowest BCUT2D eigenvalue weighted by molar-refractivity contribution is -0.167. The molecule has 0 unspecified atom stereocenters. The van der Waals surface area contributed by atoms with Gasteiger partial charge in [-0.05, 0) is 6.42 Å². The highest BCUT2D eigenvalue weighted by molar-refractivity contribution is 7.55. The SMILES string of the molecule is CCC[C@@H](C(=O)OC)P(=O)(OCC(F)(F)F)OCC(F)(F)F. The van der Waals surface area contributed by atoms with Crippen molar-refractivity contribution in [3.63, 3.8) is 0 Å². The number of halogens is 6. The van der Waals surface area contributed by atoms with Gasteiger partial charge < -0.3 is 4.74 Å². The van der Waals surface area contributed by atoms with Crippen LogP contribution in [0, 0.1) is 0 Å². The molecule has 0 aliphatic carbocycles. The molecule has 12 heteroatoms. The van der Waals surface area contributed by atoms with Gasteiger partial charge in [0.1, 0.15) is 0 Å².